The van der Waals surface area contributed by atoms with Gasteiger partial charge >= 0.3 is 0 Å². The van der Waals surface area contributed by atoms with Gasteiger partial charge in [-0.2, -0.15) is 0 Å². The molecule has 0 saturated heterocycles. The lowest BCUT2D eigenvalue weighted by atomic mass is 9.68. The van der Waals surface area contributed by atoms with Crippen LogP contribution in [0.1, 0.15) is 33.5 Å². The molecule has 0 aliphatic carbocycles. The van der Waals surface area contributed by atoms with Gasteiger partial charge in [0.05, 0.1) is 5.41 Å². The molecule has 2 nitrogen and oxygen atoms in total. The maximum absolute atomic E-state index is 14.1. The van der Waals surface area contributed by atoms with Crippen LogP contribution in [0, 0.1) is 0 Å². The first-order chi connectivity index (χ1) is 16.6. The molecule has 0 N–H and O–H groups in total. The van der Waals surface area contributed by atoms with Crippen LogP contribution in [-0.4, -0.2) is 12.4 Å². The summed E-state index contributed by atoms with van der Waals surface area (Å²) in [4.78, 5) is 14.1. The van der Waals surface area contributed by atoms with E-state index in [1.165, 1.54) is 0 Å². The molecule has 1 aliphatic heterocycles. The molecule has 0 saturated carbocycles. The molecule has 1 aliphatic rings. The van der Waals surface area contributed by atoms with Crippen molar-refractivity contribution in [2.45, 2.75) is 11.8 Å². The van der Waals surface area contributed by atoms with E-state index in [4.69, 9.17) is 27.9 Å². The summed E-state index contributed by atoms with van der Waals surface area (Å²) in [5.41, 5.74) is 3.61. The van der Waals surface area contributed by atoms with Gasteiger partial charge in [0.25, 0.3) is 0 Å². The highest BCUT2D eigenvalue weighted by molar-refractivity contribution is 6.31. The van der Waals surface area contributed by atoms with Gasteiger partial charge in [-0.1, -0.05) is 83.9 Å². The molecule has 0 spiro atoms. The molecule has 0 radical (unpaired) electrons. The summed E-state index contributed by atoms with van der Waals surface area (Å²) in [6, 6.07) is 34.7. The van der Waals surface area contributed by atoms with Crippen LogP contribution in [-0.2, 0) is 10.2 Å². The minimum atomic E-state index is -0.879. The highest BCUT2D eigenvalue weighted by Crippen LogP contribution is 2.46. The minimum absolute atomic E-state index is 0.0129. The molecule has 4 aromatic carbocycles. The second kappa shape index (κ2) is 9.50. The Morgan fingerprint density at radius 1 is 0.676 bits per heavy atom. The monoisotopic (exact) mass is 484 g/mol. The molecule has 168 valence electrons. The Balaban J connectivity index is 1.69. The molecule has 4 heteroatoms. The number of halogens is 2. The molecule has 0 bridgehead atoms. The zero-order valence-corrected chi connectivity index (χ0v) is 19.9. The Labute approximate surface area is 209 Å². The largest absolute Gasteiger partial charge is 0.491 e. The van der Waals surface area contributed by atoms with E-state index in [0.717, 1.165) is 28.0 Å². The fraction of sp³-hybridized carbons (Fsp3) is 0.100. The van der Waals surface area contributed by atoms with Crippen molar-refractivity contribution in [2.24, 2.45) is 0 Å². The number of hydrogen-bond acceptors (Lipinski definition) is 2. The first kappa shape index (κ1) is 22.5. The van der Waals surface area contributed by atoms with Crippen LogP contribution in [0.2, 0.25) is 10.0 Å². The van der Waals surface area contributed by atoms with E-state index in [2.05, 4.69) is 12.1 Å². The smallest absolute Gasteiger partial charge is 0.177 e. The second-order valence-electron chi connectivity index (χ2n) is 8.43. The highest BCUT2D eigenvalue weighted by atomic mass is 35.5. The number of carbonyl (C=O) groups is 1. The quantitative estimate of drug-likeness (QED) is 0.267. The standard InChI is InChI=1S/C30H22Cl2O2/c31-25-15-11-22(12-16-25)28-27(21-7-3-1-4-8-21)19-30(20-34-28,24-9-5-2-6-10-24)29(33)23-13-17-26(32)18-14-23/h1-18H,19-20H2. The lowest BCUT2D eigenvalue weighted by molar-refractivity contribution is 0.0784. The fourth-order valence-electron chi connectivity index (χ4n) is 4.54. The molecule has 1 atom stereocenters. The SMILES string of the molecule is O=C(c1ccc(Cl)cc1)C1(c2ccccc2)COC(c2ccc(Cl)cc2)=C(c2ccccc2)C1. The topological polar surface area (TPSA) is 26.3 Å². The first-order valence-corrected chi connectivity index (χ1v) is 11.9. The van der Waals surface area contributed by atoms with Gasteiger partial charge in [-0.05, 0) is 66.1 Å². The summed E-state index contributed by atoms with van der Waals surface area (Å²) in [5, 5.41) is 1.26. The number of ketones is 1. The fourth-order valence-corrected chi connectivity index (χ4v) is 4.80. The predicted molar refractivity (Wildman–Crippen MR) is 139 cm³/mol. The molecule has 1 heterocycles. The molecule has 1 unspecified atom stereocenters. The maximum atomic E-state index is 14.1. The number of ether oxygens (including phenoxy) is 1. The van der Waals surface area contributed by atoms with Gasteiger partial charge in [0, 0.05) is 26.7 Å². The average Bonchev–Trinajstić information content (AvgIpc) is 2.90. The Bertz CT molecular complexity index is 1330. The minimum Gasteiger partial charge on any atom is -0.491 e. The number of carbonyl (C=O) groups excluding carboxylic acids is 1. The van der Waals surface area contributed by atoms with E-state index in [9.17, 15) is 4.79 Å². The van der Waals surface area contributed by atoms with E-state index in [0.29, 0.717) is 22.0 Å². The summed E-state index contributed by atoms with van der Waals surface area (Å²) < 4.78 is 6.50. The van der Waals surface area contributed by atoms with Crippen molar-refractivity contribution in [1.82, 2.24) is 0 Å². The van der Waals surface area contributed by atoms with E-state index >= 15 is 0 Å². The number of hydrogen-bond donors (Lipinski definition) is 0. The van der Waals surface area contributed by atoms with Crippen molar-refractivity contribution < 1.29 is 9.53 Å². The van der Waals surface area contributed by atoms with Crippen LogP contribution in [0.4, 0.5) is 0 Å². The van der Waals surface area contributed by atoms with Gasteiger partial charge in [0.2, 0.25) is 0 Å². The zero-order valence-electron chi connectivity index (χ0n) is 18.4. The van der Waals surface area contributed by atoms with Crippen LogP contribution in [0.25, 0.3) is 11.3 Å². The van der Waals surface area contributed by atoms with Crippen molar-refractivity contribution >= 4 is 40.3 Å². The van der Waals surface area contributed by atoms with E-state index < -0.39 is 5.41 Å². The summed E-state index contributed by atoms with van der Waals surface area (Å²) in [6.45, 7) is 0.229. The molecule has 4 aromatic rings. The Morgan fingerprint density at radius 2 is 1.24 bits per heavy atom. The van der Waals surface area contributed by atoms with E-state index in [-0.39, 0.29) is 12.4 Å². The van der Waals surface area contributed by atoms with Crippen LogP contribution in [0.5, 0.6) is 0 Å². The van der Waals surface area contributed by atoms with E-state index in [1.54, 1.807) is 24.3 Å². The van der Waals surface area contributed by atoms with Crippen molar-refractivity contribution in [2.75, 3.05) is 6.61 Å². The predicted octanol–water partition coefficient (Wildman–Crippen LogP) is 8.10. The number of rotatable bonds is 5. The lowest BCUT2D eigenvalue weighted by Crippen LogP contribution is -2.43. The zero-order chi connectivity index (χ0) is 23.5. The maximum Gasteiger partial charge on any atom is 0.177 e. The molecular weight excluding hydrogens is 463 g/mol. The third-order valence-electron chi connectivity index (χ3n) is 6.31. The van der Waals surface area contributed by atoms with Gasteiger partial charge < -0.3 is 4.74 Å². The first-order valence-electron chi connectivity index (χ1n) is 11.1. The summed E-state index contributed by atoms with van der Waals surface area (Å²) in [7, 11) is 0. The van der Waals surface area contributed by atoms with Gasteiger partial charge in [0.15, 0.2) is 5.78 Å². The molecular formula is C30H22Cl2O2. The highest BCUT2D eigenvalue weighted by Gasteiger charge is 2.46. The third-order valence-corrected chi connectivity index (χ3v) is 6.82. The number of benzene rings is 4. The van der Waals surface area contributed by atoms with Crippen molar-refractivity contribution in [3.8, 4) is 0 Å². The van der Waals surface area contributed by atoms with Gasteiger partial charge in [-0.15, -0.1) is 0 Å². The molecule has 0 amide bonds. The normalized spacial score (nSPS) is 17.8. The Morgan fingerprint density at radius 3 is 1.85 bits per heavy atom. The van der Waals surface area contributed by atoms with Crippen molar-refractivity contribution in [3.63, 3.8) is 0 Å². The molecule has 5 rings (SSSR count). The lowest BCUT2D eigenvalue weighted by Gasteiger charge is -2.39. The summed E-state index contributed by atoms with van der Waals surface area (Å²) >= 11 is 12.2. The molecule has 34 heavy (non-hydrogen) atoms. The number of allylic oxidation sites excluding steroid dienone is 1. The Hall–Kier alpha value is -3.33. The number of Topliss-reactive ketones (excluding diaryl/α,β-unsaturated/α-hetero) is 1. The van der Waals surface area contributed by atoms with Gasteiger partial charge in [-0.25, -0.2) is 0 Å². The van der Waals surface area contributed by atoms with E-state index in [1.807, 2.05) is 72.8 Å². The van der Waals surface area contributed by atoms with Crippen molar-refractivity contribution in [1.29, 1.82) is 0 Å². The summed E-state index contributed by atoms with van der Waals surface area (Å²) in [5.74, 6) is 0.789. The third kappa shape index (κ3) is 4.27. The van der Waals surface area contributed by atoms with Gasteiger partial charge in [0.1, 0.15) is 12.4 Å². The van der Waals surface area contributed by atoms with Crippen LogP contribution in [0.3, 0.4) is 0 Å². The van der Waals surface area contributed by atoms with Crippen molar-refractivity contribution in [3.05, 3.63) is 141 Å². The van der Waals surface area contributed by atoms with Crippen LogP contribution < -0.4 is 0 Å². The molecule has 0 aromatic heterocycles. The average molecular weight is 485 g/mol. The van der Waals surface area contributed by atoms with Crippen LogP contribution >= 0.6 is 23.2 Å². The van der Waals surface area contributed by atoms with Crippen LogP contribution in [0.15, 0.2) is 109 Å². The second-order valence-corrected chi connectivity index (χ2v) is 9.30. The summed E-state index contributed by atoms with van der Waals surface area (Å²) in [6.07, 6.45) is 0.500. The molecule has 0 fully saturated rings. The van der Waals surface area contributed by atoms with Gasteiger partial charge in [-0.3, -0.25) is 4.79 Å². The Kier molecular flexibility index (Phi) is 6.28.